The predicted molar refractivity (Wildman–Crippen MR) is 88.3 cm³/mol. The van der Waals surface area contributed by atoms with Gasteiger partial charge in [0, 0.05) is 23.7 Å². The molecule has 2 aromatic rings. The lowest BCUT2D eigenvalue weighted by molar-refractivity contribution is 0.528. The highest BCUT2D eigenvalue weighted by Crippen LogP contribution is 2.10. The Balaban J connectivity index is 2.01. The van der Waals surface area contributed by atoms with E-state index in [4.69, 9.17) is 0 Å². The minimum atomic E-state index is -0.0108. The summed E-state index contributed by atoms with van der Waals surface area (Å²) in [4.78, 5) is 16.6. The molecule has 0 unspecified atom stereocenters. The lowest BCUT2D eigenvalue weighted by Crippen LogP contribution is -2.31. The van der Waals surface area contributed by atoms with Crippen molar-refractivity contribution in [1.29, 1.82) is 0 Å². The molecule has 2 aromatic heterocycles. The maximum absolute atomic E-state index is 12.3. The van der Waals surface area contributed by atoms with Gasteiger partial charge in [-0.15, -0.1) is 0 Å². The summed E-state index contributed by atoms with van der Waals surface area (Å²) in [5, 5.41) is 0.988. The maximum Gasteiger partial charge on any atom is 0.273 e. The monoisotopic (exact) mass is 287 g/mol. The number of hydrogen-bond acceptors (Lipinski definition) is 3. The van der Waals surface area contributed by atoms with Crippen LogP contribution in [0.2, 0.25) is 0 Å². The van der Waals surface area contributed by atoms with Crippen LogP contribution in [0.4, 0.5) is 0 Å². The van der Waals surface area contributed by atoms with Gasteiger partial charge in [0.15, 0.2) is 5.65 Å². The summed E-state index contributed by atoms with van der Waals surface area (Å²) in [5.74, 6) is 0.769. The van der Waals surface area contributed by atoms with E-state index in [0.29, 0.717) is 5.65 Å². The van der Waals surface area contributed by atoms with Crippen LogP contribution in [0, 0.1) is 12.8 Å². The molecule has 1 N–H and O–H groups in total. The molecule has 0 aromatic carbocycles. The van der Waals surface area contributed by atoms with Gasteiger partial charge in [-0.1, -0.05) is 33.1 Å². The smallest absolute Gasteiger partial charge is 0.273 e. The molecule has 0 spiro atoms. The largest absolute Gasteiger partial charge is 0.321 e. The van der Waals surface area contributed by atoms with Crippen molar-refractivity contribution in [1.82, 2.24) is 9.66 Å². The molecule has 4 nitrogen and oxygen atoms in total. The summed E-state index contributed by atoms with van der Waals surface area (Å²) in [6, 6.07) is 5.77. The lowest BCUT2D eigenvalue weighted by atomic mass is 10.1. The third-order valence-electron chi connectivity index (χ3n) is 3.67. The van der Waals surface area contributed by atoms with Gasteiger partial charge < -0.3 is 5.43 Å². The van der Waals surface area contributed by atoms with Gasteiger partial charge >= 0.3 is 0 Å². The van der Waals surface area contributed by atoms with E-state index in [1.165, 1.54) is 19.3 Å². The molecule has 0 saturated heterocycles. The topological polar surface area (TPSA) is 46.9 Å². The molecule has 2 rings (SSSR count). The second-order valence-electron chi connectivity index (χ2n) is 6.04. The van der Waals surface area contributed by atoms with Crippen LogP contribution in [0.3, 0.4) is 0 Å². The summed E-state index contributed by atoms with van der Waals surface area (Å²) in [6.07, 6.45) is 6.51. The molecule has 0 saturated carbocycles. The van der Waals surface area contributed by atoms with Crippen LogP contribution in [0.15, 0.2) is 29.2 Å². The molecule has 0 bridgehead atoms. The standard InChI is InChI=1S/C17H25N3O/c1-13(2)8-5-4-6-11-19-20-16-15(9-7-10-18-16)12-14(3)17(20)21/h7,9-10,12-13,19H,4-6,8,11H2,1-3H3. The molecule has 0 aliphatic heterocycles. The Morgan fingerprint density at radius 2 is 2.10 bits per heavy atom. The van der Waals surface area contributed by atoms with Gasteiger partial charge in [-0.25, -0.2) is 9.66 Å². The molecule has 114 valence electrons. The van der Waals surface area contributed by atoms with Crippen LogP contribution in [0.5, 0.6) is 0 Å². The first-order valence-corrected chi connectivity index (χ1v) is 7.81. The van der Waals surface area contributed by atoms with E-state index >= 15 is 0 Å². The SMILES string of the molecule is Cc1cc2cccnc2n(NCCCCCC(C)C)c1=O. The first kappa shape index (κ1) is 15.5. The van der Waals surface area contributed by atoms with Crippen LogP contribution < -0.4 is 11.0 Å². The minimum absolute atomic E-state index is 0.0108. The number of aryl methyl sites for hydroxylation is 1. The first-order valence-electron chi connectivity index (χ1n) is 7.81. The fraction of sp³-hybridized carbons (Fsp3) is 0.529. The van der Waals surface area contributed by atoms with Crippen molar-refractivity contribution in [3.63, 3.8) is 0 Å². The Morgan fingerprint density at radius 1 is 1.29 bits per heavy atom. The second kappa shape index (κ2) is 7.25. The number of fused-ring (bicyclic) bond motifs is 1. The van der Waals surface area contributed by atoms with Gasteiger partial charge in [0.1, 0.15) is 0 Å². The Morgan fingerprint density at radius 3 is 2.86 bits per heavy atom. The fourth-order valence-corrected chi connectivity index (χ4v) is 2.47. The van der Waals surface area contributed by atoms with Crippen molar-refractivity contribution in [3.8, 4) is 0 Å². The average molecular weight is 287 g/mol. The van der Waals surface area contributed by atoms with Crippen LogP contribution in [0.25, 0.3) is 11.0 Å². The highest BCUT2D eigenvalue weighted by molar-refractivity contribution is 5.75. The first-order chi connectivity index (χ1) is 10.1. The van der Waals surface area contributed by atoms with Crippen LogP contribution in [-0.4, -0.2) is 16.2 Å². The van der Waals surface area contributed by atoms with Crippen molar-refractivity contribution in [2.75, 3.05) is 12.0 Å². The molecule has 2 heterocycles. The van der Waals surface area contributed by atoms with Crippen molar-refractivity contribution >= 4 is 11.0 Å². The summed E-state index contributed by atoms with van der Waals surface area (Å²) in [7, 11) is 0. The molecule has 21 heavy (non-hydrogen) atoms. The highest BCUT2D eigenvalue weighted by atomic mass is 16.1. The van der Waals surface area contributed by atoms with Gasteiger partial charge in [-0.05, 0) is 37.5 Å². The summed E-state index contributed by atoms with van der Waals surface area (Å²) in [6.45, 7) is 7.15. The van der Waals surface area contributed by atoms with Gasteiger partial charge in [-0.3, -0.25) is 4.79 Å². The minimum Gasteiger partial charge on any atom is -0.321 e. The lowest BCUT2D eigenvalue weighted by Gasteiger charge is -2.13. The number of nitrogens with one attached hydrogen (secondary N) is 1. The Kier molecular flexibility index (Phi) is 5.37. The molecule has 0 amide bonds. The zero-order valence-electron chi connectivity index (χ0n) is 13.2. The molecule has 0 fully saturated rings. The quantitative estimate of drug-likeness (QED) is 0.793. The van der Waals surface area contributed by atoms with Crippen LogP contribution in [-0.2, 0) is 0 Å². The molecule has 0 aliphatic rings. The number of aromatic nitrogens is 2. The van der Waals surface area contributed by atoms with Crippen molar-refractivity contribution in [3.05, 3.63) is 40.3 Å². The molecule has 0 radical (unpaired) electrons. The fourth-order valence-electron chi connectivity index (χ4n) is 2.47. The van der Waals surface area contributed by atoms with Gasteiger partial charge in [0.2, 0.25) is 0 Å². The van der Waals surface area contributed by atoms with Crippen molar-refractivity contribution in [2.45, 2.75) is 46.5 Å². The van der Waals surface area contributed by atoms with E-state index in [-0.39, 0.29) is 5.56 Å². The normalized spacial score (nSPS) is 11.2. The number of hydrogen-bond donors (Lipinski definition) is 1. The third kappa shape index (κ3) is 4.06. The van der Waals surface area contributed by atoms with E-state index in [9.17, 15) is 4.79 Å². The van der Waals surface area contributed by atoms with Crippen molar-refractivity contribution < 1.29 is 0 Å². The third-order valence-corrected chi connectivity index (χ3v) is 3.67. The van der Waals surface area contributed by atoms with E-state index in [0.717, 1.165) is 29.8 Å². The van der Waals surface area contributed by atoms with E-state index in [1.807, 2.05) is 25.1 Å². The number of pyridine rings is 2. The van der Waals surface area contributed by atoms with Crippen LogP contribution >= 0.6 is 0 Å². The zero-order chi connectivity index (χ0) is 15.2. The van der Waals surface area contributed by atoms with Gasteiger partial charge in [0.05, 0.1) is 0 Å². The molecule has 0 aliphatic carbocycles. The summed E-state index contributed by atoms with van der Waals surface area (Å²) >= 11 is 0. The molecule has 4 heteroatoms. The second-order valence-corrected chi connectivity index (χ2v) is 6.04. The number of unbranched alkanes of at least 4 members (excludes halogenated alkanes) is 2. The summed E-state index contributed by atoms with van der Waals surface area (Å²) in [5.41, 5.74) is 4.66. The van der Waals surface area contributed by atoms with E-state index in [1.54, 1.807) is 10.9 Å². The van der Waals surface area contributed by atoms with Gasteiger partial charge in [0.25, 0.3) is 5.56 Å². The van der Waals surface area contributed by atoms with Gasteiger partial charge in [-0.2, -0.15) is 0 Å². The van der Waals surface area contributed by atoms with E-state index < -0.39 is 0 Å². The van der Waals surface area contributed by atoms with E-state index in [2.05, 4.69) is 24.3 Å². The summed E-state index contributed by atoms with van der Waals surface area (Å²) < 4.78 is 1.59. The molecular formula is C17H25N3O. The highest BCUT2D eigenvalue weighted by Gasteiger charge is 2.06. The Hall–Kier alpha value is -1.84. The molecular weight excluding hydrogens is 262 g/mol. The van der Waals surface area contributed by atoms with Crippen molar-refractivity contribution in [2.24, 2.45) is 5.92 Å². The Labute approximate surface area is 126 Å². The Bertz CT molecular complexity index is 646. The predicted octanol–water partition coefficient (Wildman–Crippen LogP) is 3.46. The average Bonchev–Trinajstić information content (AvgIpc) is 2.46. The maximum atomic E-state index is 12.3. The zero-order valence-corrected chi connectivity index (χ0v) is 13.2. The van der Waals surface area contributed by atoms with Crippen LogP contribution in [0.1, 0.15) is 45.1 Å². The number of nitrogens with zero attached hydrogens (tertiary/aromatic N) is 2. The number of rotatable bonds is 7. The molecule has 0 atom stereocenters.